The topological polar surface area (TPSA) is 0 Å². The lowest BCUT2D eigenvalue weighted by Crippen LogP contribution is -1.83. The summed E-state index contributed by atoms with van der Waals surface area (Å²) in [4.78, 5) is 0. The lowest BCUT2D eigenvalue weighted by atomic mass is 10.1. The van der Waals surface area contributed by atoms with Crippen LogP contribution in [-0.4, -0.2) is 0 Å². The predicted octanol–water partition coefficient (Wildman–Crippen LogP) is 4.34. The zero-order valence-corrected chi connectivity index (χ0v) is 9.15. The third kappa shape index (κ3) is 7.59. The molecule has 0 radical (unpaired) electrons. The maximum absolute atomic E-state index is 2.35. The average Bonchev–Trinajstić information content (AvgIpc) is 1.84. The molecule has 0 unspecified atom stereocenters. The third-order valence-electron chi connectivity index (χ3n) is 1.71. The van der Waals surface area contributed by atoms with E-state index in [0.717, 1.165) is 0 Å². The van der Waals surface area contributed by atoms with Gasteiger partial charge in [-0.15, -0.1) is 0 Å². The Hall–Kier alpha value is -0.520. The van der Waals surface area contributed by atoms with Crippen molar-refractivity contribution in [3.05, 3.63) is 23.3 Å². The quantitative estimate of drug-likeness (QED) is 0.545. The summed E-state index contributed by atoms with van der Waals surface area (Å²) in [6.45, 7) is 11.0. The normalized spacial score (nSPS) is 12.0. The van der Waals surface area contributed by atoms with E-state index in [1.165, 1.54) is 24.0 Å². The van der Waals surface area contributed by atoms with E-state index in [9.17, 15) is 0 Å². The van der Waals surface area contributed by atoms with Crippen LogP contribution < -0.4 is 0 Å². The lowest BCUT2D eigenvalue weighted by molar-refractivity contribution is 0.806. The highest BCUT2D eigenvalue weighted by molar-refractivity contribution is 5.02. The van der Waals surface area contributed by atoms with Crippen LogP contribution in [0.2, 0.25) is 0 Å². The molecule has 0 saturated heterocycles. The van der Waals surface area contributed by atoms with Crippen molar-refractivity contribution < 1.29 is 0 Å². The van der Waals surface area contributed by atoms with Crippen molar-refractivity contribution in [3.8, 4) is 0 Å². The number of hydrogen-bond acceptors (Lipinski definition) is 0. The summed E-state index contributed by atoms with van der Waals surface area (Å²) in [7, 11) is 0. The first-order valence-corrected chi connectivity index (χ1v) is 4.83. The van der Waals surface area contributed by atoms with Gasteiger partial charge in [-0.25, -0.2) is 0 Å². The van der Waals surface area contributed by atoms with Gasteiger partial charge in [0.05, 0.1) is 0 Å². The van der Waals surface area contributed by atoms with Crippen LogP contribution in [0.4, 0.5) is 0 Å². The second-order valence-electron chi connectivity index (χ2n) is 4.08. The Bertz CT molecular complexity index is 166. The first-order valence-electron chi connectivity index (χ1n) is 4.83. The predicted molar refractivity (Wildman–Crippen MR) is 57.3 cm³/mol. The Kier molecular flexibility index (Phi) is 5.79. The molecular weight excluding hydrogens is 144 g/mol. The molecule has 0 aromatic rings. The zero-order valence-electron chi connectivity index (χ0n) is 9.15. The average molecular weight is 166 g/mol. The Morgan fingerprint density at radius 2 is 1.75 bits per heavy atom. The second-order valence-corrected chi connectivity index (χ2v) is 4.08. The molecule has 0 bridgehead atoms. The largest absolute Gasteiger partial charge is 0.0856 e. The van der Waals surface area contributed by atoms with Gasteiger partial charge in [-0.05, 0) is 39.5 Å². The van der Waals surface area contributed by atoms with Crippen LogP contribution in [0.5, 0.6) is 0 Å². The molecule has 0 N–H and O–H groups in total. The molecule has 0 amide bonds. The van der Waals surface area contributed by atoms with E-state index in [1.807, 2.05) is 0 Å². The summed E-state index contributed by atoms with van der Waals surface area (Å²) in [6.07, 6.45) is 7.05. The molecule has 0 spiro atoms. The van der Waals surface area contributed by atoms with Gasteiger partial charge in [0.15, 0.2) is 0 Å². The standard InChI is InChI=1S/C12H22/c1-10(2)7-6-8-12(5)9-11(3)4/h7,9,11H,6,8H2,1-5H3/b12-9+. The number of rotatable bonds is 4. The molecule has 0 heterocycles. The Balaban J connectivity index is 3.71. The fourth-order valence-corrected chi connectivity index (χ4v) is 1.24. The number of hydrogen-bond donors (Lipinski definition) is 0. The summed E-state index contributed by atoms with van der Waals surface area (Å²) in [5.74, 6) is 0.691. The van der Waals surface area contributed by atoms with Crippen molar-refractivity contribution in [2.45, 2.75) is 47.5 Å². The zero-order chi connectivity index (χ0) is 9.56. The molecule has 0 atom stereocenters. The van der Waals surface area contributed by atoms with Crippen molar-refractivity contribution in [1.29, 1.82) is 0 Å². The summed E-state index contributed by atoms with van der Waals surface area (Å²) in [5.41, 5.74) is 2.94. The van der Waals surface area contributed by atoms with Gasteiger partial charge in [-0.3, -0.25) is 0 Å². The van der Waals surface area contributed by atoms with E-state index in [-0.39, 0.29) is 0 Å². The van der Waals surface area contributed by atoms with Crippen molar-refractivity contribution in [2.75, 3.05) is 0 Å². The molecule has 0 fully saturated rings. The Morgan fingerprint density at radius 3 is 2.17 bits per heavy atom. The molecule has 0 nitrogen and oxygen atoms in total. The molecule has 0 aliphatic heterocycles. The molecular formula is C12H22. The van der Waals surface area contributed by atoms with Gasteiger partial charge in [0.25, 0.3) is 0 Å². The third-order valence-corrected chi connectivity index (χ3v) is 1.71. The molecule has 0 aliphatic rings. The molecule has 0 aromatic carbocycles. The molecule has 0 aromatic heterocycles. The highest BCUT2D eigenvalue weighted by atomic mass is 14.0. The van der Waals surface area contributed by atoms with Crippen molar-refractivity contribution in [2.24, 2.45) is 5.92 Å². The van der Waals surface area contributed by atoms with Crippen LogP contribution in [0.3, 0.4) is 0 Å². The van der Waals surface area contributed by atoms with Gasteiger partial charge in [0.1, 0.15) is 0 Å². The van der Waals surface area contributed by atoms with E-state index in [2.05, 4.69) is 46.8 Å². The number of allylic oxidation sites excluding steroid dienone is 4. The Morgan fingerprint density at radius 1 is 1.17 bits per heavy atom. The van der Waals surface area contributed by atoms with Crippen LogP contribution in [-0.2, 0) is 0 Å². The highest BCUT2D eigenvalue weighted by Crippen LogP contribution is 2.09. The van der Waals surface area contributed by atoms with E-state index < -0.39 is 0 Å². The van der Waals surface area contributed by atoms with Crippen molar-refractivity contribution in [1.82, 2.24) is 0 Å². The maximum Gasteiger partial charge on any atom is -0.0288 e. The van der Waals surface area contributed by atoms with E-state index in [4.69, 9.17) is 0 Å². The van der Waals surface area contributed by atoms with Crippen LogP contribution in [0.25, 0.3) is 0 Å². The summed E-state index contributed by atoms with van der Waals surface area (Å²) in [6, 6.07) is 0. The minimum atomic E-state index is 0.691. The fourth-order valence-electron chi connectivity index (χ4n) is 1.24. The smallest absolute Gasteiger partial charge is 0.0288 e. The molecule has 0 heteroatoms. The molecule has 70 valence electrons. The van der Waals surface area contributed by atoms with Crippen LogP contribution >= 0.6 is 0 Å². The van der Waals surface area contributed by atoms with Crippen molar-refractivity contribution >= 4 is 0 Å². The van der Waals surface area contributed by atoms with Crippen molar-refractivity contribution in [3.63, 3.8) is 0 Å². The monoisotopic (exact) mass is 166 g/mol. The van der Waals surface area contributed by atoms with Gasteiger partial charge in [-0.1, -0.05) is 37.1 Å². The van der Waals surface area contributed by atoms with Crippen LogP contribution in [0.15, 0.2) is 23.3 Å². The first-order chi connectivity index (χ1) is 5.52. The van der Waals surface area contributed by atoms with Crippen LogP contribution in [0, 0.1) is 5.92 Å². The lowest BCUT2D eigenvalue weighted by Gasteiger charge is -2.01. The van der Waals surface area contributed by atoms with Gasteiger partial charge in [0, 0.05) is 0 Å². The van der Waals surface area contributed by atoms with Gasteiger partial charge in [0.2, 0.25) is 0 Å². The summed E-state index contributed by atoms with van der Waals surface area (Å²) < 4.78 is 0. The molecule has 0 saturated carbocycles. The van der Waals surface area contributed by atoms with E-state index in [1.54, 1.807) is 0 Å². The first kappa shape index (κ1) is 11.5. The van der Waals surface area contributed by atoms with Crippen LogP contribution in [0.1, 0.15) is 47.5 Å². The van der Waals surface area contributed by atoms with Gasteiger partial charge >= 0.3 is 0 Å². The van der Waals surface area contributed by atoms with E-state index >= 15 is 0 Å². The molecule has 0 aliphatic carbocycles. The molecule has 12 heavy (non-hydrogen) atoms. The van der Waals surface area contributed by atoms with E-state index in [0.29, 0.717) is 5.92 Å². The summed E-state index contributed by atoms with van der Waals surface area (Å²) in [5, 5.41) is 0. The molecule has 0 rings (SSSR count). The van der Waals surface area contributed by atoms with Gasteiger partial charge < -0.3 is 0 Å². The minimum absolute atomic E-state index is 0.691. The van der Waals surface area contributed by atoms with Gasteiger partial charge in [-0.2, -0.15) is 0 Å². The second kappa shape index (κ2) is 6.05. The highest BCUT2D eigenvalue weighted by Gasteiger charge is 1.91. The minimum Gasteiger partial charge on any atom is -0.0856 e. The fraction of sp³-hybridized carbons (Fsp3) is 0.667. The Labute approximate surface area is 77.4 Å². The SMILES string of the molecule is CC(C)=CCC/C(C)=C/C(C)C. The maximum atomic E-state index is 2.35. The summed E-state index contributed by atoms with van der Waals surface area (Å²) >= 11 is 0.